The van der Waals surface area contributed by atoms with Crippen LogP contribution in [-0.4, -0.2) is 51.2 Å². The Labute approximate surface area is 170 Å². The molecular weight excluding hydrogens is 386 g/mol. The molecule has 0 spiro atoms. The van der Waals surface area contributed by atoms with Gasteiger partial charge in [0.2, 0.25) is 0 Å². The van der Waals surface area contributed by atoms with Crippen LogP contribution in [0, 0.1) is 0 Å². The lowest BCUT2D eigenvalue weighted by Gasteiger charge is -2.16. The lowest BCUT2D eigenvalue weighted by molar-refractivity contribution is 0.325. The number of hydrogen-bond donors (Lipinski definition) is 0. The number of nitrogens with zero attached hydrogens (tertiary/aromatic N) is 5. The topological polar surface area (TPSA) is 73.0 Å². The summed E-state index contributed by atoms with van der Waals surface area (Å²) in [6, 6.07) is 6.05. The Morgan fingerprint density at radius 3 is 2.62 bits per heavy atom. The number of aromatic nitrogens is 4. The van der Waals surface area contributed by atoms with Crippen molar-refractivity contribution in [3.8, 4) is 11.1 Å². The lowest BCUT2D eigenvalue weighted by atomic mass is 9.95. The average Bonchev–Trinajstić information content (AvgIpc) is 3.43. The van der Waals surface area contributed by atoms with Crippen LogP contribution in [0.1, 0.15) is 36.9 Å². The third-order valence-corrected chi connectivity index (χ3v) is 8.34. The van der Waals surface area contributed by atoms with Crippen molar-refractivity contribution in [2.75, 3.05) is 13.1 Å². The molecule has 2 aromatic heterocycles. The Morgan fingerprint density at radius 1 is 1.10 bits per heavy atom. The van der Waals surface area contributed by atoms with Gasteiger partial charge in [0.15, 0.2) is 9.84 Å². The van der Waals surface area contributed by atoms with Crippen molar-refractivity contribution in [2.24, 2.45) is 7.05 Å². The van der Waals surface area contributed by atoms with Crippen LogP contribution in [0.25, 0.3) is 11.1 Å². The first-order valence-electron chi connectivity index (χ1n) is 9.95. The van der Waals surface area contributed by atoms with E-state index in [-0.39, 0.29) is 11.2 Å². The first-order valence-corrected chi connectivity index (χ1v) is 11.5. The van der Waals surface area contributed by atoms with Crippen molar-refractivity contribution in [2.45, 2.75) is 42.5 Å². The zero-order valence-electron chi connectivity index (χ0n) is 16.9. The van der Waals surface area contributed by atoms with Gasteiger partial charge in [-0.3, -0.25) is 14.3 Å². The lowest BCUT2D eigenvalue weighted by Crippen LogP contribution is -2.25. The van der Waals surface area contributed by atoms with E-state index in [0.717, 1.165) is 35.3 Å². The fourth-order valence-corrected chi connectivity index (χ4v) is 6.80. The van der Waals surface area contributed by atoms with Crippen molar-refractivity contribution >= 4 is 9.84 Å². The van der Waals surface area contributed by atoms with E-state index in [1.54, 1.807) is 10.7 Å². The van der Waals surface area contributed by atoms with Gasteiger partial charge in [-0.25, -0.2) is 8.42 Å². The van der Waals surface area contributed by atoms with Crippen LogP contribution in [0.3, 0.4) is 0 Å². The molecule has 7 nitrogen and oxygen atoms in total. The second kappa shape index (κ2) is 6.53. The minimum absolute atomic E-state index is 0.0202. The van der Waals surface area contributed by atoms with Crippen molar-refractivity contribution in [3.63, 3.8) is 0 Å². The molecular formula is C21H25N5O2S. The maximum atomic E-state index is 13.1. The fraction of sp³-hybridized carbons (Fsp3) is 0.429. The van der Waals surface area contributed by atoms with Gasteiger partial charge >= 0.3 is 0 Å². The molecule has 0 saturated carbocycles. The first kappa shape index (κ1) is 18.6. The second-order valence-electron chi connectivity index (χ2n) is 8.46. The molecule has 1 saturated heterocycles. The maximum absolute atomic E-state index is 13.1. The van der Waals surface area contributed by atoms with E-state index in [2.05, 4.69) is 41.2 Å². The third-order valence-electron chi connectivity index (χ3n) is 6.08. The summed E-state index contributed by atoms with van der Waals surface area (Å²) in [4.78, 5) is 2.75. The zero-order chi connectivity index (χ0) is 20.3. The number of rotatable bonds is 4. The van der Waals surface area contributed by atoms with Gasteiger partial charge in [0.1, 0.15) is 0 Å². The van der Waals surface area contributed by atoms with Gasteiger partial charge in [0.05, 0.1) is 22.5 Å². The molecule has 29 heavy (non-hydrogen) atoms. The third kappa shape index (κ3) is 3.02. The highest BCUT2D eigenvalue weighted by Crippen LogP contribution is 2.46. The summed E-state index contributed by atoms with van der Waals surface area (Å²) in [5.74, 6) is 0.0202. The van der Waals surface area contributed by atoms with Crippen LogP contribution >= 0.6 is 0 Å². The standard InChI is InChI=1S/C21H25N5O2S/c1-14(2)26-10-15(7-23-26)9-25-12-19-18-6-16(17-8-22-24(3)11-17)4-5-20(18)29(27,28)21(19)13-25/h4-8,10-11,14,19,21H,9,12-13H2,1-3H3. The van der Waals surface area contributed by atoms with Crippen LogP contribution < -0.4 is 0 Å². The van der Waals surface area contributed by atoms with Gasteiger partial charge < -0.3 is 0 Å². The van der Waals surface area contributed by atoms with Gasteiger partial charge in [0, 0.05) is 62.2 Å². The van der Waals surface area contributed by atoms with Gasteiger partial charge in [-0.1, -0.05) is 6.07 Å². The zero-order valence-corrected chi connectivity index (χ0v) is 17.7. The SMILES string of the molecule is CC(C)n1cc(CN2CC3c4cc(-c5cnn(C)c5)ccc4S(=O)(=O)C3C2)cn1. The molecule has 0 amide bonds. The van der Waals surface area contributed by atoms with Gasteiger partial charge in [-0.05, 0) is 37.1 Å². The smallest absolute Gasteiger partial charge is 0.183 e. The van der Waals surface area contributed by atoms with E-state index < -0.39 is 9.84 Å². The Kier molecular flexibility index (Phi) is 4.18. The molecule has 2 atom stereocenters. The largest absolute Gasteiger partial charge is 0.297 e. The van der Waals surface area contributed by atoms with Crippen LogP contribution in [0.15, 0.2) is 47.9 Å². The van der Waals surface area contributed by atoms with E-state index in [0.29, 0.717) is 17.5 Å². The average molecular weight is 412 g/mol. The first-order chi connectivity index (χ1) is 13.8. The number of fused-ring (bicyclic) bond motifs is 3. The highest BCUT2D eigenvalue weighted by molar-refractivity contribution is 7.92. The van der Waals surface area contributed by atoms with Gasteiger partial charge in [-0.15, -0.1) is 0 Å². The summed E-state index contributed by atoms with van der Waals surface area (Å²) >= 11 is 0. The molecule has 152 valence electrons. The number of hydrogen-bond acceptors (Lipinski definition) is 5. The molecule has 0 aliphatic carbocycles. The molecule has 1 fully saturated rings. The minimum Gasteiger partial charge on any atom is -0.297 e. The molecule has 2 aliphatic rings. The molecule has 0 bridgehead atoms. The van der Waals surface area contributed by atoms with E-state index >= 15 is 0 Å². The molecule has 1 aromatic carbocycles. The molecule has 0 N–H and O–H groups in total. The summed E-state index contributed by atoms with van der Waals surface area (Å²) in [5, 5.41) is 8.28. The summed E-state index contributed by atoms with van der Waals surface area (Å²) in [7, 11) is -1.41. The highest BCUT2D eigenvalue weighted by atomic mass is 32.2. The Bertz CT molecular complexity index is 1180. The number of likely N-dealkylation sites (tertiary alicyclic amines) is 1. The molecule has 3 aromatic rings. The minimum atomic E-state index is -3.29. The Morgan fingerprint density at radius 2 is 1.93 bits per heavy atom. The molecule has 5 rings (SSSR count). The maximum Gasteiger partial charge on any atom is 0.183 e. The molecule has 8 heteroatoms. The van der Waals surface area contributed by atoms with E-state index in [1.165, 1.54) is 0 Å². The predicted octanol–water partition coefficient (Wildman–Crippen LogP) is 2.62. The van der Waals surface area contributed by atoms with E-state index in [1.807, 2.05) is 36.4 Å². The van der Waals surface area contributed by atoms with Crippen molar-refractivity contribution in [1.29, 1.82) is 0 Å². The fourth-order valence-electron chi connectivity index (χ4n) is 4.60. The van der Waals surface area contributed by atoms with Crippen LogP contribution in [0.5, 0.6) is 0 Å². The highest BCUT2D eigenvalue weighted by Gasteiger charge is 2.50. The van der Waals surface area contributed by atoms with Crippen molar-refractivity contribution in [1.82, 2.24) is 24.5 Å². The molecule has 2 unspecified atom stereocenters. The second-order valence-corrected chi connectivity index (χ2v) is 10.6. The monoisotopic (exact) mass is 411 g/mol. The van der Waals surface area contributed by atoms with E-state index in [4.69, 9.17) is 0 Å². The normalized spacial score (nSPS) is 22.9. The number of sulfone groups is 1. The van der Waals surface area contributed by atoms with Gasteiger partial charge in [0.25, 0.3) is 0 Å². The van der Waals surface area contributed by atoms with Crippen LogP contribution in [0.4, 0.5) is 0 Å². The molecule has 4 heterocycles. The van der Waals surface area contributed by atoms with E-state index in [9.17, 15) is 8.42 Å². The predicted molar refractivity (Wildman–Crippen MR) is 110 cm³/mol. The Hall–Kier alpha value is -2.45. The van der Waals surface area contributed by atoms with Crippen LogP contribution in [-0.2, 0) is 23.4 Å². The summed E-state index contributed by atoms with van der Waals surface area (Å²) < 4.78 is 30.0. The summed E-state index contributed by atoms with van der Waals surface area (Å²) in [5.41, 5.74) is 4.11. The molecule has 0 radical (unpaired) electrons. The van der Waals surface area contributed by atoms with Crippen molar-refractivity contribution < 1.29 is 8.42 Å². The van der Waals surface area contributed by atoms with Crippen molar-refractivity contribution in [3.05, 3.63) is 54.1 Å². The number of aryl methyl sites for hydroxylation is 1. The number of benzene rings is 1. The Balaban J connectivity index is 1.43. The van der Waals surface area contributed by atoms with Crippen LogP contribution in [0.2, 0.25) is 0 Å². The van der Waals surface area contributed by atoms with Gasteiger partial charge in [-0.2, -0.15) is 10.2 Å². The summed E-state index contributed by atoms with van der Waals surface area (Å²) in [6.45, 7) is 6.24. The quantitative estimate of drug-likeness (QED) is 0.660. The summed E-state index contributed by atoms with van der Waals surface area (Å²) in [6.07, 6.45) is 7.71. The molecule has 2 aliphatic heterocycles.